The van der Waals surface area contributed by atoms with Crippen molar-refractivity contribution in [2.45, 2.75) is 4.90 Å². The second-order valence-electron chi connectivity index (χ2n) is 2.34. The van der Waals surface area contributed by atoms with E-state index in [1.807, 2.05) is 0 Å². The molecule has 1 aromatic rings. The molecule has 0 atom stereocenters. The van der Waals surface area contributed by atoms with Gasteiger partial charge in [0, 0.05) is 6.26 Å². The molecule has 0 spiro atoms. The third-order valence-electron chi connectivity index (χ3n) is 1.27. The molecule has 0 aliphatic heterocycles. The molecule has 2 N–H and O–H groups in total. The summed E-state index contributed by atoms with van der Waals surface area (Å²) in [5.41, 5.74) is 4.24. The minimum absolute atomic E-state index is 0.698. The number of carbonyl (C=O) groups is 1. The molecule has 0 aromatic heterocycles. The maximum Gasteiger partial charge on any atom is 0.250 e. The first-order valence-corrected chi connectivity index (χ1v) is 5.08. The number of sulfone groups is 1. The molecule has 0 saturated heterocycles. The van der Waals surface area contributed by atoms with E-state index in [4.69, 9.17) is 11.2 Å². The lowest BCUT2D eigenvalue weighted by Gasteiger charge is -2.02. The van der Waals surface area contributed by atoms with Gasteiger partial charge >= 0.3 is 0 Å². The number of amides is 1. The van der Waals surface area contributed by atoms with Gasteiger partial charge < -0.3 is 5.73 Å². The fourth-order valence-electron chi connectivity index (χ4n) is 0.753. The van der Waals surface area contributed by atoms with Gasteiger partial charge in [-0.25, -0.2) is 8.42 Å². The number of hydrogen-bond donors (Lipinski definition) is 1. The van der Waals surface area contributed by atoms with Crippen LogP contribution in [0.1, 0.15) is 15.8 Å². The summed E-state index contributed by atoms with van der Waals surface area (Å²) >= 11 is 0. The molecule has 0 fully saturated rings. The predicted octanol–water partition coefficient (Wildman–Crippen LogP) is 0.189. The van der Waals surface area contributed by atoms with Crippen LogP contribution in [0, 0.1) is 0 Å². The Morgan fingerprint density at radius 1 is 1.46 bits per heavy atom. The molecule has 0 saturated carbocycles. The first-order chi connectivity index (χ1) is 7.59. The second kappa shape index (κ2) is 3.18. The van der Waals surface area contributed by atoms with Gasteiger partial charge in [0.15, 0.2) is 9.84 Å². The summed E-state index contributed by atoms with van der Waals surface area (Å²) in [6, 6.07) is -2.96. The van der Waals surface area contributed by atoms with Gasteiger partial charge in [-0.3, -0.25) is 4.79 Å². The van der Waals surface area contributed by atoms with Crippen LogP contribution in [0.25, 0.3) is 0 Å². The zero-order valence-electron chi connectivity index (χ0n) is 10.7. The summed E-state index contributed by atoms with van der Waals surface area (Å²) in [4.78, 5) is 10.3. The van der Waals surface area contributed by atoms with E-state index in [0.717, 1.165) is 6.26 Å². The van der Waals surface area contributed by atoms with Crippen molar-refractivity contribution in [1.82, 2.24) is 0 Å². The highest BCUT2D eigenvalue weighted by atomic mass is 32.2. The maximum absolute atomic E-state index is 11.4. The van der Waals surface area contributed by atoms with Crippen LogP contribution >= 0.6 is 0 Å². The Morgan fingerprint density at radius 2 is 2.00 bits per heavy atom. The highest BCUT2D eigenvalue weighted by Gasteiger charge is 2.15. The fraction of sp³-hybridized carbons (Fsp3) is 0.125. The number of nitrogens with two attached hydrogens (primary N) is 1. The van der Waals surface area contributed by atoms with E-state index in [9.17, 15) is 13.2 Å². The molecule has 0 unspecified atom stereocenters. The Kier molecular flexibility index (Phi) is 1.32. The summed E-state index contributed by atoms with van der Waals surface area (Å²) in [6.07, 6.45) is 0.745. The number of benzene rings is 1. The smallest absolute Gasteiger partial charge is 0.250 e. The van der Waals surface area contributed by atoms with Crippen molar-refractivity contribution in [3.05, 3.63) is 29.7 Å². The molecule has 0 bridgehead atoms. The van der Waals surface area contributed by atoms with E-state index in [1.54, 1.807) is 0 Å². The van der Waals surface area contributed by atoms with Crippen molar-refractivity contribution in [3.8, 4) is 0 Å². The first kappa shape index (κ1) is 5.39. The van der Waals surface area contributed by atoms with Gasteiger partial charge in [-0.1, -0.05) is 12.1 Å². The summed E-state index contributed by atoms with van der Waals surface area (Å²) in [7, 11) is -3.98. The standard InChI is InChI=1S/C8H9NO3S/c1-13(11,12)7-5-3-2-4-6(7)8(9)10/h2-5H,1H3,(H2,9,10)/i2D,3D,4D,5D. The van der Waals surface area contributed by atoms with Gasteiger partial charge in [0.2, 0.25) is 5.91 Å². The highest BCUT2D eigenvalue weighted by Crippen LogP contribution is 2.13. The Hall–Kier alpha value is -1.36. The van der Waals surface area contributed by atoms with E-state index in [-0.39, 0.29) is 0 Å². The van der Waals surface area contributed by atoms with E-state index >= 15 is 0 Å². The van der Waals surface area contributed by atoms with E-state index in [0.29, 0.717) is 0 Å². The van der Waals surface area contributed by atoms with Crippen LogP contribution in [0.4, 0.5) is 0 Å². The molecule has 70 valence electrons. The number of rotatable bonds is 2. The first-order valence-electron chi connectivity index (χ1n) is 5.19. The summed E-state index contributed by atoms with van der Waals surface area (Å²) < 4.78 is 52.4. The van der Waals surface area contributed by atoms with Crippen molar-refractivity contribution in [2.24, 2.45) is 5.73 Å². The molecule has 13 heavy (non-hydrogen) atoms. The largest absolute Gasteiger partial charge is 0.366 e. The minimum atomic E-state index is -3.98. The van der Waals surface area contributed by atoms with Crippen LogP contribution in [-0.4, -0.2) is 20.6 Å². The van der Waals surface area contributed by atoms with Gasteiger partial charge in [0.1, 0.15) is 0 Å². The molecule has 1 amide bonds. The quantitative estimate of drug-likeness (QED) is 0.745. The molecule has 0 aliphatic carbocycles. The van der Waals surface area contributed by atoms with Crippen LogP contribution < -0.4 is 5.73 Å². The lowest BCUT2D eigenvalue weighted by Crippen LogP contribution is -2.15. The Balaban J connectivity index is 4.00. The number of hydrogen-bond acceptors (Lipinski definition) is 3. The average molecular weight is 203 g/mol. The molecule has 1 aromatic carbocycles. The summed E-state index contributed by atoms with van der Waals surface area (Å²) in [6.45, 7) is 0. The van der Waals surface area contributed by atoms with Gasteiger partial charge in [0.25, 0.3) is 0 Å². The molecule has 4 nitrogen and oxygen atoms in total. The monoisotopic (exact) mass is 203 g/mol. The highest BCUT2D eigenvalue weighted by molar-refractivity contribution is 7.90. The zero-order valence-corrected chi connectivity index (χ0v) is 7.53. The SMILES string of the molecule is [2H]c1c([2H])c([2H])c(S(C)(=O)=O)c(C(N)=O)c1[2H]. The van der Waals surface area contributed by atoms with E-state index in [2.05, 4.69) is 0 Å². The van der Waals surface area contributed by atoms with Gasteiger partial charge in [-0.2, -0.15) is 0 Å². The molecule has 0 heterocycles. The van der Waals surface area contributed by atoms with Crippen molar-refractivity contribution >= 4 is 15.7 Å². The Morgan fingerprint density at radius 3 is 2.46 bits per heavy atom. The summed E-state index contributed by atoms with van der Waals surface area (Å²) in [5.74, 6) is -1.21. The zero-order chi connectivity index (χ0) is 13.5. The predicted molar refractivity (Wildman–Crippen MR) is 48.1 cm³/mol. The van der Waals surface area contributed by atoms with Crippen molar-refractivity contribution < 1.29 is 18.7 Å². The van der Waals surface area contributed by atoms with Gasteiger partial charge in [0.05, 0.1) is 15.9 Å². The van der Waals surface area contributed by atoms with Crippen molar-refractivity contribution in [2.75, 3.05) is 6.26 Å². The van der Waals surface area contributed by atoms with Crippen LogP contribution in [0.5, 0.6) is 0 Å². The van der Waals surface area contributed by atoms with Crippen LogP contribution in [0.3, 0.4) is 0 Å². The third kappa shape index (κ3) is 2.06. The molecule has 0 radical (unpaired) electrons. The number of primary amides is 1. The summed E-state index contributed by atoms with van der Waals surface area (Å²) in [5, 5.41) is 0. The third-order valence-corrected chi connectivity index (χ3v) is 2.32. The molecule has 5 heteroatoms. The normalized spacial score (nSPS) is 15.5. The van der Waals surface area contributed by atoms with Crippen LogP contribution in [0.15, 0.2) is 29.1 Å². The van der Waals surface area contributed by atoms with E-state index < -0.39 is 50.4 Å². The number of carbonyl (C=O) groups excluding carboxylic acids is 1. The molecular formula is C8H9NO3S. The molecular weight excluding hydrogens is 190 g/mol. The van der Waals surface area contributed by atoms with Gasteiger partial charge in [-0.05, 0) is 12.1 Å². The Labute approximate surface area is 81.9 Å². The van der Waals surface area contributed by atoms with Gasteiger partial charge in [-0.15, -0.1) is 0 Å². The van der Waals surface area contributed by atoms with Crippen molar-refractivity contribution in [3.63, 3.8) is 0 Å². The lowest BCUT2D eigenvalue weighted by molar-refractivity contribution is 0.0997. The van der Waals surface area contributed by atoms with E-state index in [1.165, 1.54) is 0 Å². The molecule has 1 rings (SSSR count). The molecule has 0 aliphatic rings. The maximum atomic E-state index is 11.4. The lowest BCUT2D eigenvalue weighted by atomic mass is 10.2. The van der Waals surface area contributed by atoms with Crippen molar-refractivity contribution in [1.29, 1.82) is 0 Å². The van der Waals surface area contributed by atoms with Crippen LogP contribution in [0.2, 0.25) is 0 Å². The topological polar surface area (TPSA) is 77.2 Å². The van der Waals surface area contributed by atoms with Crippen LogP contribution in [-0.2, 0) is 9.84 Å². The average Bonchev–Trinajstić information content (AvgIpc) is 2.17. The minimum Gasteiger partial charge on any atom is -0.366 e. The Bertz CT molecular complexity index is 612. The fourth-order valence-corrected chi connectivity index (χ4v) is 1.51. The second-order valence-corrected chi connectivity index (χ2v) is 4.29.